The first kappa shape index (κ1) is 10.4. The molecule has 0 unspecified atom stereocenters. The summed E-state index contributed by atoms with van der Waals surface area (Å²) in [5.41, 5.74) is 1.05. The zero-order chi connectivity index (χ0) is 11.2. The number of carbonyl (C=O) groups excluding carboxylic acids is 1. The molecule has 5 nitrogen and oxygen atoms in total. The number of hydrogen-bond acceptors (Lipinski definition) is 3. The molecule has 0 aliphatic heterocycles. The number of carbonyl (C=O) groups is 1. The van der Waals surface area contributed by atoms with Crippen LogP contribution >= 0.6 is 0 Å². The summed E-state index contributed by atoms with van der Waals surface area (Å²) in [7, 11) is 0. The molecule has 2 heterocycles. The molecule has 0 spiro atoms. The molecule has 2 N–H and O–H groups in total. The fourth-order valence-electron chi connectivity index (χ4n) is 1.32. The van der Waals surface area contributed by atoms with Crippen molar-refractivity contribution in [3.05, 3.63) is 42.5 Å². The lowest BCUT2D eigenvalue weighted by Gasteiger charge is -2.01. The quantitative estimate of drug-likeness (QED) is 0.811. The fraction of sp³-hybridized carbons (Fsp3) is 0.182. The molecular formula is C11H12N4O. The van der Waals surface area contributed by atoms with Crippen LogP contribution in [-0.2, 0) is 11.2 Å². The van der Waals surface area contributed by atoms with Crippen LogP contribution in [0.2, 0.25) is 0 Å². The van der Waals surface area contributed by atoms with Crippen molar-refractivity contribution >= 4 is 11.9 Å². The Labute approximate surface area is 92.9 Å². The third-order valence-corrected chi connectivity index (χ3v) is 2.10. The van der Waals surface area contributed by atoms with E-state index < -0.39 is 0 Å². The van der Waals surface area contributed by atoms with E-state index in [1.165, 1.54) is 0 Å². The second kappa shape index (κ2) is 5.06. The number of amides is 1. The number of aromatic nitrogens is 3. The zero-order valence-electron chi connectivity index (χ0n) is 8.68. The normalized spacial score (nSPS) is 10.0. The van der Waals surface area contributed by atoms with Gasteiger partial charge in [0.25, 0.3) is 0 Å². The van der Waals surface area contributed by atoms with E-state index in [1.807, 2.05) is 18.3 Å². The molecule has 2 aromatic rings. The largest absolute Gasteiger partial charge is 0.365 e. The molecule has 5 heteroatoms. The van der Waals surface area contributed by atoms with E-state index in [1.54, 1.807) is 18.5 Å². The predicted molar refractivity (Wildman–Crippen MR) is 59.8 cm³/mol. The van der Waals surface area contributed by atoms with Crippen LogP contribution in [0.25, 0.3) is 0 Å². The van der Waals surface area contributed by atoms with Crippen molar-refractivity contribution in [1.29, 1.82) is 0 Å². The standard InChI is InChI=1S/C11H12N4O/c16-10(5-4-9-3-1-6-12-9)15-11-13-7-2-8-14-11/h1-3,6-8,12H,4-5H2,(H,13,14,15,16). The van der Waals surface area contributed by atoms with E-state index in [9.17, 15) is 4.79 Å². The second-order valence-corrected chi connectivity index (χ2v) is 3.32. The highest BCUT2D eigenvalue weighted by Gasteiger charge is 2.04. The fourth-order valence-corrected chi connectivity index (χ4v) is 1.32. The summed E-state index contributed by atoms with van der Waals surface area (Å²) in [5, 5.41) is 2.63. The van der Waals surface area contributed by atoms with Crippen molar-refractivity contribution in [1.82, 2.24) is 15.0 Å². The van der Waals surface area contributed by atoms with Crippen LogP contribution in [0.4, 0.5) is 5.95 Å². The van der Waals surface area contributed by atoms with E-state index in [4.69, 9.17) is 0 Å². The van der Waals surface area contributed by atoms with E-state index in [0.29, 0.717) is 18.8 Å². The molecule has 0 atom stereocenters. The predicted octanol–water partition coefficient (Wildman–Crippen LogP) is 1.38. The van der Waals surface area contributed by atoms with Gasteiger partial charge in [0.1, 0.15) is 0 Å². The van der Waals surface area contributed by atoms with Gasteiger partial charge in [-0.25, -0.2) is 9.97 Å². The Balaban J connectivity index is 1.81. The highest BCUT2D eigenvalue weighted by molar-refractivity contribution is 5.88. The summed E-state index contributed by atoms with van der Waals surface area (Å²) in [5.74, 6) is 0.264. The van der Waals surface area contributed by atoms with Crippen LogP contribution in [0.3, 0.4) is 0 Å². The Hall–Kier alpha value is -2.17. The molecule has 0 aliphatic carbocycles. The van der Waals surface area contributed by atoms with Gasteiger partial charge in [-0.1, -0.05) is 0 Å². The van der Waals surface area contributed by atoms with Crippen LogP contribution in [-0.4, -0.2) is 20.9 Å². The smallest absolute Gasteiger partial charge is 0.229 e. The van der Waals surface area contributed by atoms with E-state index >= 15 is 0 Å². The minimum absolute atomic E-state index is 0.0826. The van der Waals surface area contributed by atoms with E-state index in [-0.39, 0.29) is 5.91 Å². The van der Waals surface area contributed by atoms with Gasteiger partial charge in [0.2, 0.25) is 11.9 Å². The Morgan fingerprint density at radius 1 is 1.31 bits per heavy atom. The summed E-state index contributed by atoms with van der Waals surface area (Å²) in [4.78, 5) is 22.4. The van der Waals surface area contributed by atoms with Crippen LogP contribution < -0.4 is 5.32 Å². The van der Waals surface area contributed by atoms with Crippen LogP contribution in [0, 0.1) is 0 Å². The molecule has 1 amide bonds. The minimum atomic E-state index is -0.0826. The van der Waals surface area contributed by atoms with Crippen LogP contribution in [0.5, 0.6) is 0 Å². The molecule has 0 saturated heterocycles. The van der Waals surface area contributed by atoms with Gasteiger partial charge in [-0.3, -0.25) is 10.1 Å². The number of aromatic amines is 1. The molecule has 2 rings (SSSR count). The topological polar surface area (TPSA) is 70.7 Å². The van der Waals surface area contributed by atoms with Gasteiger partial charge >= 0.3 is 0 Å². The first-order valence-electron chi connectivity index (χ1n) is 5.04. The molecule has 0 fully saturated rings. The van der Waals surface area contributed by atoms with Gasteiger partial charge in [0, 0.05) is 30.7 Å². The molecule has 0 bridgehead atoms. The van der Waals surface area contributed by atoms with Crippen molar-refractivity contribution < 1.29 is 4.79 Å². The highest BCUT2D eigenvalue weighted by Crippen LogP contribution is 2.01. The highest BCUT2D eigenvalue weighted by atomic mass is 16.1. The summed E-state index contributed by atoms with van der Waals surface area (Å²) in [6.07, 6.45) is 6.12. The average molecular weight is 216 g/mol. The van der Waals surface area contributed by atoms with Gasteiger partial charge in [0.05, 0.1) is 0 Å². The third kappa shape index (κ3) is 2.91. The Bertz CT molecular complexity index is 438. The first-order valence-corrected chi connectivity index (χ1v) is 5.04. The number of hydrogen-bond donors (Lipinski definition) is 2. The van der Waals surface area contributed by atoms with Gasteiger partial charge in [-0.15, -0.1) is 0 Å². The maximum absolute atomic E-state index is 11.5. The second-order valence-electron chi connectivity index (χ2n) is 3.32. The van der Waals surface area contributed by atoms with Gasteiger partial charge < -0.3 is 4.98 Å². The van der Waals surface area contributed by atoms with Crippen molar-refractivity contribution in [3.63, 3.8) is 0 Å². The first-order chi connectivity index (χ1) is 7.84. The number of aryl methyl sites for hydroxylation is 1. The summed E-state index contributed by atoms with van der Waals surface area (Å²) in [6.45, 7) is 0. The zero-order valence-corrected chi connectivity index (χ0v) is 8.68. The number of H-pyrrole nitrogens is 1. The van der Waals surface area contributed by atoms with Crippen LogP contribution in [0.15, 0.2) is 36.8 Å². The van der Waals surface area contributed by atoms with E-state index in [2.05, 4.69) is 20.3 Å². The lowest BCUT2D eigenvalue weighted by molar-refractivity contribution is -0.116. The number of nitrogens with one attached hydrogen (secondary N) is 2. The maximum Gasteiger partial charge on any atom is 0.229 e. The SMILES string of the molecule is O=C(CCc1ccc[nH]1)Nc1ncccn1. The van der Waals surface area contributed by atoms with Crippen molar-refractivity contribution in [2.45, 2.75) is 12.8 Å². The molecule has 0 radical (unpaired) electrons. The monoisotopic (exact) mass is 216 g/mol. The van der Waals surface area contributed by atoms with Crippen LogP contribution in [0.1, 0.15) is 12.1 Å². The average Bonchev–Trinajstić information content (AvgIpc) is 2.81. The van der Waals surface area contributed by atoms with Gasteiger partial charge in [-0.05, 0) is 24.6 Å². The Kier molecular flexibility index (Phi) is 3.28. The third-order valence-electron chi connectivity index (χ3n) is 2.10. The molecule has 0 saturated carbocycles. The molecule has 82 valence electrons. The summed E-state index contributed by atoms with van der Waals surface area (Å²) >= 11 is 0. The van der Waals surface area contributed by atoms with E-state index in [0.717, 1.165) is 5.69 Å². The molecule has 0 aromatic carbocycles. The van der Waals surface area contributed by atoms with Crippen molar-refractivity contribution in [2.24, 2.45) is 0 Å². The lowest BCUT2D eigenvalue weighted by atomic mass is 10.2. The molecular weight excluding hydrogens is 204 g/mol. The Morgan fingerprint density at radius 3 is 2.81 bits per heavy atom. The van der Waals surface area contributed by atoms with Gasteiger partial charge in [-0.2, -0.15) is 0 Å². The molecule has 0 aliphatic rings. The summed E-state index contributed by atoms with van der Waals surface area (Å²) in [6, 6.07) is 5.56. The van der Waals surface area contributed by atoms with Crippen molar-refractivity contribution in [3.8, 4) is 0 Å². The molecule has 2 aromatic heterocycles. The minimum Gasteiger partial charge on any atom is -0.365 e. The molecule has 16 heavy (non-hydrogen) atoms. The Morgan fingerprint density at radius 2 is 2.12 bits per heavy atom. The van der Waals surface area contributed by atoms with Gasteiger partial charge in [0.15, 0.2) is 0 Å². The van der Waals surface area contributed by atoms with Crippen molar-refractivity contribution in [2.75, 3.05) is 5.32 Å². The lowest BCUT2D eigenvalue weighted by Crippen LogP contribution is -2.14. The number of nitrogens with zero attached hydrogens (tertiary/aromatic N) is 2. The summed E-state index contributed by atoms with van der Waals surface area (Å²) < 4.78 is 0. The number of rotatable bonds is 4. The number of anilines is 1. The maximum atomic E-state index is 11.5.